The summed E-state index contributed by atoms with van der Waals surface area (Å²) < 4.78 is 16.7. The largest absolute Gasteiger partial charge is 0.497 e. The van der Waals surface area contributed by atoms with Crippen molar-refractivity contribution in [1.29, 1.82) is 0 Å². The van der Waals surface area contributed by atoms with E-state index in [-0.39, 0.29) is 6.01 Å². The second-order valence-corrected chi connectivity index (χ2v) is 11.6. The Bertz CT molecular complexity index is 1280. The number of hydrogen-bond acceptors (Lipinski definition) is 9. The molecule has 1 aromatic heterocycles. The number of hydrogen-bond donors (Lipinski definition) is 3. The maximum absolute atomic E-state index is 12.1. The van der Waals surface area contributed by atoms with Gasteiger partial charge in [-0.2, -0.15) is 9.97 Å². The molecule has 46 heavy (non-hydrogen) atoms. The molecule has 0 saturated carbocycles. The minimum atomic E-state index is -1.18. The number of nitrogens with one attached hydrogen (secondary N) is 2. The van der Waals surface area contributed by atoms with Crippen LogP contribution >= 0.6 is 0 Å². The Balaban J connectivity index is 1.60. The van der Waals surface area contributed by atoms with Gasteiger partial charge in [0.25, 0.3) is 0 Å². The number of benzene rings is 2. The Morgan fingerprint density at radius 3 is 2.09 bits per heavy atom. The first-order valence-corrected chi connectivity index (χ1v) is 16.5. The van der Waals surface area contributed by atoms with Crippen LogP contribution in [-0.2, 0) is 19.6 Å². The molecule has 0 unspecified atom stereocenters. The van der Waals surface area contributed by atoms with E-state index in [2.05, 4.69) is 22.5 Å². The molecule has 0 bridgehead atoms. The summed E-state index contributed by atoms with van der Waals surface area (Å²) in [6, 6.07) is 15.9. The zero-order valence-electron chi connectivity index (χ0n) is 27.6. The molecule has 1 aliphatic heterocycles. The number of unbranched alkanes of at least 4 members (excludes halogenated alkanes) is 3. The summed E-state index contributed by atoms with van der Waals surface area (Å²) >= 11 is 0. The van der Waals surface area contributed by atoms with E-state index in [0.717, 1.165) is 54.9 Å². The number of anilines is 2. The molecule has 250 valence electrons. The number of ether oxygens (including phenoxy) is 3. The fourth-order valence-electron chi connectivity index (χ4n) is 5.52. The van der Waals surface area contributed by atoms with Gasteiger partial charge in [-0.05, 0) is 93.7 Å². The number of nitrogens with zero attached hydrogens (tertiary/aromatic N) is 4. The summed E-state index contributed by atoms with van der Waals surface area (Å²) in [4.78, 5) is 26.2. The van der Waals surface area contributed by atoms with Gasteiger partial charge in [-0.25, -0.2) is 4.79 Å². The lowest BCUT2D eigenvalue weighted by Crippen LogP contribution is -2.27. The zero-order valence-corrected chi connectivity index (χ0v) is 27.6. The smallest absolute Gasteiger partial charge is 0.409 e. The highest BCUT2D eigenvalue weighted by atomic mass is 16.5. The monoisotopic (exact) mass is 634 g/mol. The third kappa shape index (κ3) is 11.1. The summed E-state index contributed by atoms with van der Waals surface area (Å²) in [5, 5.41) is 16.0. The van der Waals surface area contributed by atoms with Crippen molar-refractivity contribution < 1.29 is 24.1 Å². The van der Waals surface area contributed by atoms with Crippen LogP contribution in [0.25, 0.3) is 0 Å². The average molecular weight is 635 g/mol. The molecule has 0 radical (unpaired) electrons. The van der Waals surface area contributed by atoms with Crippen molar-refractivity contribution in [3.05, 3.63) is 65.4 Å². The number of likely N-dealkylation sites (tertiary alicyclic amines) is 1. The molecule has 1 saturated heterocycles. The van der Waals surface area contributed by atoms with Crippen LogP contribution in [0.2, 0.25) is 0 Å². The molecule has 1 amide bonds. The van der Waals surface area contributed by atoms with Gasteiger partial charge in [-0.1, -0.05) is 44.0 Å². The highest BCUT2D eigenvalue weighted by molar-refractivity contribution is 5.88. The van der Waals surface area contributed by atoms with Gasteiger partial charge >= 0.3 is 12.1 Å². The fourth-order valence-corrected chi connectivity index (χ4v) is 5.52. The van der Waals surface area contributed by atoms with E-state index in [1.54, 1.807) is 14.2 Å². The fraction of sp³-hybridized carbons (Fsp3) is 0.514. The van der Waals surface area contributed by atoms with Crippen molar-refractivity contribution in [2.75, 3.05) is 57.2 Å². The van der Waals surface area contributed by atoms with Gasteiger partial charge in [0.05, 0.1) is 26.5 Å². The third-order valence-corrected chi connectivity index (χ3v) is 8.09. The van der Waals surface area contributed by atoms with E-state index < -0.39 is 6.09 Å². The van der Waals surface area contributed by atoms with Crippen molar-refractivity contribution >= 4 is 17.6 Å². The van der Waals surface area contributed by atoms with Crippen LogP contribution in [0, 0.1) is 0 Å². The first-order chi connectivity index (χ1) is 22.5. The highest BCUT2D eigenvalue weighted by Gasteiger charge is 2.23. The van der Waals surface area contributed by atoms with Crippen LogP contribution in [0.5, 0.6) is 17.5 Å². The van der Waals surface area contributed by atoms with Crippen LogP contribution in [0.15, 0.2) is 48.5 Å². The topological polar surface area (TPSA) is 121 Å². The second-order valence-electron chi connectivity index (χ2n) is 11.6. The van der Waals surface area contributed by atoms with Gasteiger partial charge in [0.2, 0.25) is 0 Å². The number of rotatable bonds is 20. The molecule has 1 fully saturated rings. The highest BCUT2D eigenvalue weighted by Crippen LogP contribution is 2.32. The SMILES string of the molecule is CCCCOc1nc(CNCCCCCN2CCCC2)c(NC(=O)O)c(N(Cc2ccc(OC)cc2)Cc2ccc(OC)cc2)n1. The van der Waals surface area contributed by atoms with Gasteiger partial charge in [0.1, 0.15) is 17.2 Å². The quantitative estimate of drug-likeness (QED) is 0.122. The number of amides is 1. The molecule has 2 aromatic carbocycles. The second kappa shape index (κ2) is 18.8. The maximum Gasteiger partial charge on any atom is 0.409 e. The first kappa shape index (κ1) is 34.8. The molecule has 0 aliphatic carbocycles. The van der Waals surface area contributed by atoms with Gasteiger partial charge < -0.3 is 34.4 Å². The molecule has 11 nitrogen and oxygen atoms in total. The standard InChI is InChI=1S/C35H50N6O5/c1-4-5-23-46-34-37-31(24-36-19-7-6-8-20-40-21-9-10-22-40)32(38-35(42)43)33(39-34)41(25-27-11-15-29(44-2)16-12-27)26-28-13-17-30(45-3)18-14-28/h11-18,36,38H,4-10,19-26H2,1-3H3,(H,42,43). The van der Waals surface area contributed by atoms with Crippen LogP contribution in [0.4, 0.5) is 16.3 Å². The van der Waals surface area contributed by atoms with E-state index in [0.29, 0.717) is 43.4 Å². The molecule has 3 aromatic rings. The predicted octanol–water partition coefficient (Wildman–Crippen LogP) is 6.33. The minimum Gasteiger partial charge on any atom is -0.497 e. The molecule has 2 heterocycles. The molecule has 0 atom stereocenters. The van der Waals surface area contributed by atoms with E-state index in [4.69, 9.17) is 24.2 Å². The third-order valence-electron chi connectivity index (χ3n) is 8.09. The summed E-state index contributed by atoms with van der Waals surface area (Å²) in [6.07, 6.45) is 6.65. The summed E-state index contributed by atoms with van der Waals surface area (Å²) in [7, 11) is 3.28. The van der Waals surface area contributed by atoms with Crippen molar-refractivity contribution in [3.63, 3.8) is 0 Å². The Kier molecular flexibility index (Phi) is 14.2. The summed E-state index contributed by atoms with van der Waals surface area (Å²) in [6.45, 7) is 8.29. The lowest BCUT2D eigenvalue weighted by atomic mass is 10.1. The van der Waals surface area contributed by atoms with Crippen molar-refractivity contribution in [2.45, 2.75) is 71.5 Å². The van der Waals surface area contributed by atoms with E-state index >= 15 is 0 Å². The molecule has 4 rings (SSSR count). The number of aromatic nitrogens is 2. The van der Waals surface area contributed by atoms with Crippen LogP contribution in [-0.4, -0.2) is 73.1 Å². The van der Waals surface area contributed by atoms with Crippen molar-refractivity contribution in [3.8, 4) is 17.5 Å². The van der Waals surface area contributed by atoms with Crippen LogP contribution in [0.3, 0.4) is 0 Å². The number of methoxy groups -OCH3 is 2. The van der Waals surface area contributed by atoms with E-state index in [9.17, 15) is 9.90 Å². The lowest BCUT2D eigenvalue weighted by molar-refractivity contribution is 0.209. The van der Waals surface area contributed by atoms with Crippen LogP contribution in [0.1, 0.15) is 68.7 Å². The average Bonchev–Trinajstić information content (AvgIpc) is 3.59. The first-order valence-electron chi connectivity index (χ1n) is 16.5. The molecule has 0 spiro atoms. The van der Waals surface area contributed by atoms with E-state index in [1.165, 1.54) is 38.9 Å². The molecule has 3 N–H and O–H groups in total. The van der Waals surface area contributed by atoms with Crippen molar-refractivity contribution in [1.82, 2.24) is 20.2 Å². The Labute approximate surface area is 273 Å². The zero-order chi connectivity index (χ0) is 32.6. The van der Waals surface area contributed by atoms with E-state index in [1.807, 2.05) is 53.4 Å². The van der Waals surface area contributed by atoms with Crippen LogP contribution < -0.4 is 29.7 Å². The number of carboxylic acid groups (broad SMARTS) is 1. The Hall–Kier alpha value is -4.09. The van der Waals surface area contributed by atoms with Gasteiger partial charge in [-0.15, -0.1) is 0 Å². The maximum atomic E-state index is 12.1. The summed E-state index contributed by atoms with van der Waals surface area (Å²) in [5.74, 6) is 1.98. The van der Waals surface area contributed by atoms with Gasteiger partial charge in [0.15, 0.2) is 5.82 Å². The van der Waals surface area contributed by atoms with Crippen molar-refractivity contribution in [2.24, 2.45) is 0 Å². The predicted molar refractivity (Wildman–Crippen MR) is 181 cm³/mol. The molecule has 11 heteroatoms. The molecule has 1 aliphatic rings. The summed E-state index contributed by atoms with van der Waals surface area (Å²) in [5.41, 5.74) is 2.91. The Morgan fingerprint density at radius 2 is 1.52 bits per heavy atom. The minimum absolute atomic E-state index is 0.233. The number of carbonyl (C=O) groups is 1. The van der Waals surface area contributed by atoms with Gasteiger partial charge in [-0.3, -0.25) is 5.32 Å². The molecular formula is C35H50N6O5. The normalized spacial score (nSPS) is 13.0. The Morgan fingerprint density at radius 1 is 0.891 bits per heavy atom. The lowest BCUT2D eigenvalue weighted by Gasteiger charge is -2.27. The molecular weight excluding hydrogens is 584 g/mol. The van der Waals surface area contributed by atoms with Gasteiger partial charge in [0, 0.05) is 19.6 Å².